The number of Topliss-reactive ketones (excluding diaryl/α,β-unsaturated/α-hetero) is 1. The van der Waals surface area contributed by atoms with Crippen LogP contribution in [0.3, 0.4) is 0 Å². The third kappa shape index (κ3) is 2.95. The van der Waals surface area contributed by atoms with Crippen LogP contribution < -0.4 is 10.1 Å². The molecule has 0 aliphatic carbocycles. The number of nitrogens with one attached hydrogen (secondary N) is 1. The van der Waals surface area contributed by atoms with Gasteiger partial charge in [-0.2, -0.15) is 0 Å². The summed E-state index contributed by atoms with van der Waals surface area (Å²) in [7, 11) is 0. The summed E-state index contributed by atoms with van der Waals surface area (Å²) in [5.74, 6) is 0.874. The van der Waals surface area contributed by atoms with E-state index in [2.05, 4.69) is 17.2 Å². The molecule has 104 valence electrons. The zero-order valence-corrected chi connectivity index (χ0v) is 11.7. The van der Waals surface area contributed by atoms with E-state index in [1.807, 2.05) is 13.0 Å². The van der Waals surface area contributed by atoms with Crippen LogP contribution in [0, 0.1) is 5.41 Å². The van der Waals surface area contributed by atoms with Crippen molar-refractivity contribution in [1.82, 2.24) is 10.3 Å². The molecule has 4 heteroatoms. The fraction of sp³-hybridized carbons (Fsp3) is 0.600. The maximum atomic E-state index is 12.8. The zero-order chi connectivity index (χ0) is 13.7. The molecule has 0 radical (unpaired) electrons. The Bertz CT molecular complexity index is 440. The number of hydrogen-bond acceptors (Lipinski definition) is 4. The van der Waals surface area contributed by atoms with Crippen LogP contribution in [0.1, 0.15) is 43.5 Å². The number of nitrogens with zero attached hydrogens (tertiary/aromatic N) is 1. The lowest BCUT2D eigenvalue weighted by molar-refractivity contribution is 0.0801. The highest BCUT2D eigenvalue weighted by Crippen LogP contribution is 2.35. The summed E-state index contributed by atoms with van der Waals surface area (Å²) in [5.41, 5.74) is 0.421. The molecule has 0 amide bonds. The standard InChI is InChI=1S/C15H22N2O2/c1-3-5-15(6-7-16-11-15)14(18)12-8-13(19-4-2)10-17-9-12/h8-10,16H,3-7,11H2,1-2H3. The van der Waals surface area contributed by atoms with Gasteiger partial charge < -0.3 is 10.1 Å². The van der Waals surface area contributed by atoms with Gasteiger partial charge in [-0.05, 0) is 32.4 Å². The third-order valence-corrected chi connectivity index (χ3v) is 3.74. The Morgan fingerprint density at radius 3 is 2.95 bits per heavy atom. The van der Waals surface area contributed by atoms with Crippen molar-refractivity contribution in [3.05, 3.63) is 24.0 Å². The summed E-state index contributed by atoms with van der Waals surface area (Å²) in [4.78, 5) is 16.9. The number of ether oxygens (including phenoxy) is 1. The molecular formula is C15H22N2O2. The highest BCUT2D eigenvalue weighted by Gasteiger charge is 2.40. The van der Waals surface area contributed by atoms with Crippen LogP contribution in [0.25, 0.3) is 0 Å². The van der Waals surface area contributed by atoms with Crippen molar-refractivity contribution in [2.75, 3.05) is 19.7 Å². The number of aromatic nitrogens is 1. The molecule has 2 heterocycles. The second-order valence-corrected chi connectivity index (χ2v) is 5.13. The fourth-order valence-corrected chi connectivity index (χ4v) is 2.84. The first-order chi connectivity index (χ1) is 9.22. The van der Waals surface area contributed by atoms with Crippen molar-refractivity contribution < 1.29 is 9.53 Å². The number of ketones is 1. The van der Waals surface area contributed by atoms with E-state index < -0.39 is 0 Å². The Kier molecular flexibility index (Phi) is 4.53. The van der Waals surface area contributed by atoms with Gasteiger partial charge in [0.05, 0.1) is 12.8 Å². The summed E-state index contributed by atoms with van der Waals surface area (Å²) in [6.07, 6.45) is 6.17. The van der Waals surface area contributed by atoms with Crippen LogP contribution in [0.2, 0.25) is 0 Å². The van der Waals surface area contributed by atoms with Gasteiger partial charge in [0.25, 0.3) is 0 Å². The first-order valence-electron chi connectivity index (χ1n) is 7.05. The van der Waals surface area contributed by atoms with E-state index in [9.17, 15) is 4.79 Å². The second kappa shape index (κ2) is 6.15. The number of rotatable bonds is 6. The smallest absolute Gasteiger partial charge is 0.172 e. The van der Waals surface area contributed by atoms with Crippen LogP contribution in [-0.4, -0.2) is 30.5 Å². The van der Waals surface area contributed by atoms with Crippen LogP contribution in [0.15, 0.2) is 18.5 Å². The monoisotopic (exact) mass is 262 g/mol. The van der Waals surface area contributed by atoms with E-state index in [0.717, 1.165) is 32.4 Å². The second-order valence-electron chi connectivity index (χ2n) is 5.13. The highest BCUT2D eigenvalue weighted by molar-refractivity contribution is 6.01. The minimum Gasteiger partial charge on any atom is -0.492 e. The molecule has 1 aliphatic heterocycles. The molecule has 0 saturated carbocycles. The molecule has 1 aromatic rings. The van der Waals surface area contributed by atoms with Crippen LogP contribution in [-0.2, 0) is 0 Å². The van der Waals surface area contributed by atoms with Gasteiger partial charge in [0.15, 0.2) is 5.78 Å². The molecule has 1 fully saturated rings. The molecule has 1 N–H and O–H groups in total. The topological polar surface area (TPSA) is 51.2 Å². The van der Waals surface area contributed by atoms with E-state index in [1.165, 1.54) is 0 Å². The summed E-state index contributed by atoms with van der Waals surface area (Å²) in [6.45, 7) is 6.33. The molecule has 1 atom stereocenters. The molecule has 4 nitrogen and oxygen atoms in total. The van der Waals surface area contributed by atoms with Gasteiger partial charge in [0, 0.05) is 23.7 Å². The maximum absolute atomic E-state index is 12.8. The Hall–Kier alpha value is -1.42. The molecule has 1 saturated heterocycles. The van der Waals surface area contributed by atoms with Gasteiger partial charge in [-0.3, -0.25) is 9.78 Å². The summed E-state index contributed by atoms with van der Waals surface area (Å²) in [6, 6.07) is 1.81. The van der Waals surface area contributed by atoms with E-state index in [1.54, 1.807) is 12.4 Å². The van der Waals surface area contributed by atoms with Gasteiger partial charge in [-0.1, -0.05) is 13.3 Å². The molecule has 0 aromatic carbocycles. The average molecular weight is 262 g/mol. The molecule has 1 unspecified atom stereocenters. The Morgan fingerprint density at radius 1 is 1.47 bits per heavy atom. The summed E-state index contributed by atoms with van der Waals surface area (Å²) >= 11 is 0. The number of carbonyl (C=O) groups excluding carboxylic acids is 1. The molecule has 19 heavy (non-hydrogen) atoms. The van der Waals surface area contributed by atoms with Crippen molar-refractivity contribution in [3.8, 4) is 5.75 Å². The summed E-state index contributed by atoms with van der Waals surface area (Å²) in [5, 5.41) is 3.32. The molecule has 0 bridgehead atoms. The first-order valence-corrected chi connectivity index (χ1v) is 7.05. The molecular weight excluding hydrogens is 240 g/mol. The number of hydrogen-bond donors (Lipinski definition) is 1. The van der Waals surface area contributed by atoms with Gasteiger partial charge in [0.2, 0.25) is 0 Å². The molecule has 0 spiro atoms. The number of carbonyl (C=O) groups is 1. The molecule has 1 aliphatic rings. The SMILES string of the molecule is CCCC1(C(=O)c2cncc(OCC)c2)CCNC1. The Morgan fingerprint density at radius 2 is 2.32 bits per heavy atom. The molecule has 1 aromatic heterocycles. The lowest BCUT2D eigenvalue weighted by atomic mass is 9.76. The van der Waals surface area contributed by atoms with E-state index >= 15 is 0 Å². The van der Waals surface area contributed by atoms with Crippen molar-refractivity contribution in [2.24, 2.45) is 5.41 Å². The van der Waals surface area contributed by atoms with E-state index in [4.69, 9.17) is 4.74 Å². The van der Waals surface area contributed by atoms with Crippen LogP contribution in [0.4, 0.5) is 0 Å². The minimum atomic E-state index is -0.249. The van der Waals surface area contributed by atoms with Crippen LogP contribution in [0.5, 0.6) is 5.75 Å². The van der Waals surface area contributed by atoms with Crippen LogP contribution >= 0.6 is 0 Å². The first kappa shape index (κ1) is 14.0. The fourth-order valence-electron chi connectivity index (χ4n) is 2.84. The third-order valence-electron chi connectivity index (χ3n) is 3.74. The van der Waals surface area contributed by atoms with Crippen molar-refractivity contribution >= 4 is 5.78 Å². The lowest BCUT2D eigenvalue weighted by Gasteiger charge is -2.26. The zero-order valence-electron chi connectivity index (χ0n) is 11.7. The van der Waals surface area contributed by atoms with Gasteiger partial charge in [0.1, 0.15) is 5.75 Å². The van der Waals surface area contributed by atoms with E-state index in [-0.39, 0.29) is 11.2 Å². The van der Waals surface area contributed by atoms with Gasteiger partial charge in [-0.25, -0.2) is 0 Å². The Labute approximate surface area is 114 Å². The lowest BCUT2D eigenvalue weighted by Crippen LogP contribution is -2.33. The largest absolute Gasteiger partial charge is 0.492 e. The minimum absolute atomic E-state index is 0.202. The van der Waals surface area contributed by atoms with Gasteiger partial charge >= 0.3 is 0 Å². The number of pyridine rings is 1. The van der Waals surface area contributed by atoms with Crippen molar-refractivity contribution in [1.29, 1.82) is 0 Å². The normalized spacial score (nSPS) is 22.4. The van der Waals surface area contributed by atoms with Crippen molar-refractivity contribution in [2.45, 2.75) is 33.1 Å². The quantitative estimate of drug-likeness (QED) is 0.800. The summed E-state index contributed by atoms with van der Waals surface area (Å²) < 4.78 is 5.42. The predicted octanol–water partition coefficient (Wildman–Crippen LogP) is 2.44. The van der Waals surface area contributed by atoms with Crippen molar-refractivity contribution in [3.63, 3.8) is 0 Å². The predicted molar refractivity (Wildman–Crippen MR) is 74.6 cm³/mol. The molecule has 2 rings (SSSR count). The van der Waals surface area contributed by atoms with Gasteiger partial charge in [-0.15, -0.1) is 0 Å². The average Bonchev–Trinajstić information content (AvgIpc) is 2.89. The van der Waals surface area contributed by atoms with E-state index in [0.29, 0.717) is 17.9 Å². The Balaban J connectivity index is 2.24. The maximum Gasteiger partial charge on any atom is 0.172 e. The highest BCUT2D eigenvalue weighted by atomic mass is 16.5.